The third-order valence-corrected chi connectivity index (χ3v) is 5.90. The predicted molar refractivity (Wildman–Crippen MR) is 81.4 cm³/mol. The summed E-state index contributed by atoms with van der Waals surface area (Å²) >= 11 is 0. The number of rotatable bonds is 3. The fourth-order valence-electron chi connectivity index (χ4n) is 4.80. The minimum Gasteiger partial charge on any atom is -0.312 e. The zero-order valence-electron chi connectivity index (χ0n) is 12.7. The third-order valence-electron chi connectivity index (χ3n) is 5.90. The molecule has 3 fully saturated rings. The topological polar surface area (TPSA) is 15.3 Å². The Labute approximate surface area is 119 Å². The highest BCUT2D eigenvalue weighted by Crippen LogP contribution is 2.33. The molecule has 0 amide bonds. The van der Waals surface area contributed by atoms with Crippen LogP contribution >= 0.6 is 0 Å². The third kappa shape index (κ3) is 3.33. The van der Waals surface area contributed by atoms with E-state index in [0.29, 0.717) is 0 Å². The number of fused-ring (bicyclic) bond motifs is 1. The van der Waals surface area contributed by atoms with Crippen LogP contribution in [0.25, 0.3) is 0 Å². The van der Waals surface area contributed by atoms with Gasteiger partial charge in [-0.3, -0.25) is 4.90 Å². The Hall–Kier alpha value is -0.0800. The van der Waals surface area contributed by atoms with Gasteiger partial charge in [0.15, 0.2) is 0 Å². The van der Waals surface area contributed by atoms with Crippen LogP contribution in [-0.4, -0.2) is 36.6 Å². The molecule has 1 saturated carbocycles. The Morgan fingerprint density at radius 3 is 2.79 bits per heavy atom. The molecule has 2 heteroatoms. The Balaban J connectivity index is 1.52. The van der Waals surface area contributed by atoms with Crippen molar-refractivity contribution in [3.05, 3.63) is 0 Å². The number of nitrogens with zero attached hydrogens (tertiary/aromatic N) is 1. The van der Waals surface area contributed by atoms with E-state index in [1.807, 2.05) is 0 Å². The summed E-state index contributed by atoms with van der Waals surface area (Å²) < 4.78 is 0. The van der Waals surface area contributed by atoms with Gasteiger partial charge in [0, 0.05) is 25.2 Å². The minimum atomic E-state index is 0.823. The van der Waals surface area contributed by atoms with Crippen LogP contribution in [0.4, 0.5) is 0 Å². The molecule has 2 aliphatic heterocycles. The van der Waals surface area contributed by atoms with Gasteiger partial charge < -0.3 is 5.32 Å². The van der Waals surface area contributed by atoms with Gasteiger partial charge in [0.2, 0.25) is 0 Å². The molecule has 2 nitrogen and oxygen atoms in total. The lowest BCUT2D eigenvalue weighted by Gasteiger charge is -2.27. The first-order chi connectivity index (χ1) is 9.36. The molecule has 0 spiro atoms. The van der Waals surface area contributed by atoms with Crippen LogP contribution in [-0.2, 0) is 0 Å². The first-order valence-electron chi connectivity index (χ1n) is 8.84. The van der Waals surface area contributed by atoms with Gasteiger partial charge in [-0.2, -0.15) is 0 Å². The molecular weight excluding hydrogens is 232 g/mol. The van der Waals surface area contributed by atoms with E-state index in [2.05, 4.69) is 17.1 Å². The fraction of sp³-hybridized carbons (Fsp3) is 1.00. The van der Waals surface area contributed by atoms with Crippen LogP contribution in [0.5, 0.6) is 0 Å². The molecule has 0 aromatic heterocycles. The van der Waals surface area contributed by atoms with Gasteiger partial charge in [-0.05, 0) is 50.5 Å². The van der Waals surface area contributed by atoms with Crippen molar-refractivity contribution in [2.24, 2.45) is 11.8 Å². The highest BCUT2D eigenvalue weighted by molar-refractivity contribution is 4.94. The van der Waals surface area contributed by atoms with Crippen molar-refractivity contribution in [1.82, 2.24) is 10.2 Å². The van der Waals surface area contributed by atoms with Crippen LogP contribution in [0.3, 0.4) is 0 Å². The van der Waals surface area contributed by atoms with E-state index in [-0.39, 0.29) is 0 Å². The first-order valence-corrected chi connectivity index (χ1v) is 8.84. The quantitative estimate of drug-likeness (QED) is 0.786. The Kier molecular flexibility index (Phi) is 4.81. The smallest absolute Gasteiger partial charge is 0.0235 e. The lowest BCUT2D eigenvalue weighted by molar-refractivity contribution is 0.209. The van der Waals surface area contributed by atoms with Gasteiger partial charge in [0.05, 0.1) is 0 Å². The number of likely N-dealkylation sites (tertiary alicyclic amines) is 1. The maximum atomic E-state index is 3.75. The number of hydrogen-bond acceptors (Lipinski definition) is 2. The normalized spacial score (nSPS) is 40.9. The summed E-state index contributed by atoms with van der Waals surface area (Å²) in [5, 5.41) is 3.75. The second-order valence-corrected chi connectivity index (χ2v) is 7.23. The van der Waals surface area contributed by atoms with E-state index in [4.69, 9.17) is 0 Å². The maximum absolute atomic E-state index is 3.75. The number of piperidine rings is 1. The average Bonchev–Trinajstić information content (AvgIpc) is 2.72. The zero-order valence-corrected chi connectivity index (χ0v) is 12.7. The lowest BCUT2D eigenvalue weighted by Crippen LogP contribution is -2.41. The van der Waals surface area contributed by atoms with E-state index in [0.717, 1.165) is 23.9 Å². The molecule has 3 aliphatic rings. The van der Waals surface area contributed by atoms with Crippen LogP contribution in [0, 0.1) is 11.8 Å². The minimum absolute atomic E-state index is 0.823. The van der Waals surface area contributed by atoms with Crippen molar-refractivity contribution in [3.8, 4) is 0 Å². The highest BCUT2D eigenvalue weighted by atomic mass is 15.2. The molecule has 1 aliphatic carbocycles. The molecular formula is C17H32N2. The first kappa shape index (κ1) is 13.9. The Bertz CT molecular complexity index is 264. The summed E-state index contributed by atoms with van der Waals surface area (Å²) in [6, 6.07) is 1.73. The Morgan fingerprint density at radius 1 is 1.00 bits per heavy atom. The van der Waals surface area contributed by atoms with Gasteiger partial charge in [0.25, 0.3) is 0 Å². The van der Waals surface area contributed by atoms with Gasteiger partial charge >= 0.3 is 0 Å². The van der Waals surface area contributed by atoms with Crippen molar-refractivity contribution >= 4 is 0 Å². The predicted octanol–water partition coefficient (Wildman–Crippen LogP) is 3.42. The van der Waals surface area contributed by atoms with Crippen molar-refractivity contribution in [2.75, 3.05) is 19.6 Å². The molecule has 1 N–H and O–H groups in total. The molecule has 0 aromatic carbocycles. The van der Waals surface area contributed by atoms with Crippen LogP contribution in [0.15, 0.2) is 0 Å². The van der Waals surface area contributed by atoms with E-state index in [1.165, 1.54) is 77.4 Å². The second kappa shape index (κ2) is 6.58. The molecule has 2 unspecified atom stereocenters. The summed E-state index contributed by atoms with van der Waals surface area (Å²) in [5.74, 6) is 2.00. The molecule has 0 aromatic rings. The van der Waals surface area contributed by atoms with Crippen molar-refractivity contribution in [3.63, 3.8) is 0 Å². The van der Waals surface area contributed by atoms with Crippen LogP contribution in [0.2, 0.25) is 0 Å². The summed E-state index contributed by atoms with van der Waals surface area (Å²) in [6.45, 7) is 6.34. The SMILES string of the molecule is CCCC1CCCC(N2C[C@@H]3CCCN[C@@H]3C2)CC1. The highest BCUT2D eigenvalue weighted by Gasteiger charge is 2.37. The molecule has 2 heterocycles. The standard InChI is InChI=1S/C17H32N2/c1-2-5-14-6-3-8-16(10-9-14)19-12-15-7-4-11-18-17(15)13-19/h14-18H,2-13H2,1H3/t14?,15-,16?,17+/m0/s1. The summed E-state index contributed by atoms with van der Waals surface area (Å²) in [5.41, 5.74) is 0. The Morgan fingerprint density at radius 2 is 1.95 bits per heavy atom. The van der Waals surface area contributed by atoms with Crippen LogP contribution in [0.1, 0.15) is 64.7 Å². The largest absolute Gasteiger partial charge is 0.312 e. The van der Waals surface area contributed by atoms with Crippen molar-refractivity contribution < 1.29 is 0 Å². The molecule has 110 valence electrons. The van der Waals surface area contributed by atoms with Gasteiger partial charge in [-0.25, -0.2) is 0 Å². The van der Waals surface area contributed by atoms with E-state index in [1.54, 1.807) is 0 Å². The summed E-state index contributed by atoms with van der Waals surface area (Å²) in [4.78, 5) is 2.85. The summed E-state index contributed by atoms with van der Waals surface area (Å²) in [7, 11) is 0. The van der Waals surface area contributed by atoms with Gasteiger partial charge in [-0.15, -0.1) is 0 Å². The zero-order chi connectivity index (χ0) is 13.1. The van der Waals surface area contributed by atoms with Crippen molar-refractivity contribution in [2.45, 2.75) is 76.8 Å². The maximum Gasteiger partial charge on any atom is 0.0235 e. The lowest BCUT2D eigenvalue weighted by atomic mass is 9.94. The van der Waals surface area contributed by atoms with Gasteiger partial charge in [0.1, 0.15) is 0 Å². The molecule has 19 heavy (non-hydrogen) atoms. The van der Waals surface area contributed by atoms with E-state index < -0.39 is 0 Å². The van der Waals surface area contributed by atoms with Gasteiger partial charge in [-0.1, -0.05) is 32.6 Å². The van der Waals surface area contributed by atoms with E-state index >= 15 is 0 Å². The summed E-state index contributed by atoms with van der Waals surface area (Å²) in [6.07, 6.45) is 13.2. The number of hydrogen-bond donors (Lipinski definition) is 1. The second-order valence-electron chi connectivity index (χ2n) is 7.23. The molecule has 4 atom stereocenters. The monoisotopic (exact) mass is 264 g/mol. The van der Waals surface area contributed by atoms with E-state index in [9.17, 15) is 0 Å². The molecule has 2 saturated heterocycles. The molecule has 3 rings (SSSR count). The van der Waals surface area contributed by atoms with Crippen molar-refractivity contribution in [1.29, 1.82) is 0 Å². The molecule has 0 bridgehead atoms. The molecule has 0 radical (unpaired) electrons. The fourth-order valence-corrected chi connectivity index (χ4v) is 4.80. The average molecular weight is 264 g/mol. The van der Waals surface area contributed by atoms with Crippen LogP contribution < -0.4 is 5.32 Å². The number of nitrogens with one attached hydrogen (secondary N) is 1.